The van der Waals surface area contributed by atoms with Gasteiger partial charge in [-0.1, -0.05) is 7.43 Å². The van der Waals surface area contributed by atoms with Gasteiger partial charge in [-0.25, -0.2) is 0 Å². The van der Waals surface area contributed by atoms with E-state index in [1.165, 1.54) is 0 Å². The molecule has 0 saturated heterocycles. The van der Waals surface area contributed by atoms with Crippen molar-refractivity contribution in [3.8, 4) is 0 Å². The summed E-state index contributed by atoms with van der Waals surface area (Å²) in [7, 11) is 0. The summed E-state index contributed by atoms with van der Waals surface area (Å²) in [6, 6.07) is 0. The molecule has 0 unspecified atom stereocenters. The molecule has 0 aromatic rings. The molecule has 0 fully saturated rings. The van der Waals surface area contributed by atoms with Gasteiger partial charge in [0, 0.05) is 49.7 Å². The van der Waals surface area contributed by atoms with Crippen molar-refractivity contribution < 1.29 is 60.2 Å². The van der Waals surface area contributed by atoms with E-state index in [0.29, 0.717) is 0 Å². The monoisotopic (exact) mass is 339 g/mol. The molecule has 2 N–H and O–H groups in total. The van der Waals surface area contributed by atoms with Crippen LogP contribution >= 0.6 is 0 Å². The number of rotatable bonds is 0. The first-order valence-electron chi connectivity index (χ1n) is 0.200. The van der Waals surface area contributed by atoms with Crippen molar-refractivity contribution in [2.75, 3.05) is 0 Å². The molecule has 0 aromatic carbocycles. The van der Waals surface area contributed by atoms with Gasteiger partial charge in [0.15, 0.2) is 0 Å². The summed E-state index contributed by atoms with van der Waals surface area (Å²) in [6.45, 7) is 0. The molecule has 0 amide bonds. The van der Waals surface area contributed by atoms with E-state index in [9.17, 15) is 0 Å². The van der Waals surface area contributed by atoms with E-state index in [-0.39, 0.29) is 57.1 Å². The third-order valence-corrected chi connectivity index (χ3v) is 0. The van der Waals surface area contributed by atoms with Gasteiger partial charge in [-0.2, -0.15) is 0 Å². The van der Waals surface area contributed by atoms with Gasteiger partial charge in [0.1, 0.15) is 0 Å². The largest absolute Gasteiger partial charge is 0.255 e. The molecule has 31 valence electrons. The van der Waals surface area contributed by atoms with Gasteiger partial charge in [-0.05, 0) is 0 Å². The average molecular weight is 339 g/mol. The fraction of sp³-hybridized carbons (Fsp3) is 1.00. The Labute approximate surface area is 67.2 Å². The Balaban J connectivity index is -0.00000000167. The molecule has 2 nitrogen and oxygen atoms in total. The van der Waals surface area contributed by atoms with E-state index in [1.54, 1.807) is 0 Å². The SMILES string of the molecule is C.OO.[U].[V]. The Kier molecular flexibility index (Phi) is 295. The molecule has 0 aromatic heterocycles. The van der Waals surface area contributed by atoms with Gasteiger partial charge in [0.05, 0.1) is 0 Å². The maximum Gasteiger partial charge on any atom is 0 e. The van der Waals surface area contributed by atoms with Crippen molar-refractivity contribution in [3.05, 3.63) is 0 Å². The van der Waals surface area contributed by atoms with Crippen LogP contribution in [-0.2, 0) is 18.6 Å². The molecule has 1 radical (unpaired) electrons. The average Bonchev–Trinajstić information content (AvgIpc) is 1.00. The topological polar surface area (TPSA) is 40.5 Å². The van der Waals surface area contributed by atoms with Crippen LogP contribution in [0.1, 0.15) is 7.43 Å². The summed E-state index contributed by atoms with van der Waals surface area (Å²) in [4.78, 5) is 0. The summed E-state index contributed by atoms with van der Waals surface area (Å²) in [5.74, 6) is 0. The van der Waals surface area contributed by atoms with Crippen molar-refractivity contribution >= 4 is 0 Å². The van der Waals surface area contributed by atoms with Crippen LogP contribution < -0.4 is 0 Å². The Hall–Kier alpha value is 1.56. The maximum absolute atomic E-state index is 6.00. The quantitative estimate of drug-likeness (QED) is 0.503. The van der Waals surface area contributed by atoms with Crippen molar-refractivity contribution in [3.63, 3.8) is 0 Å². The fourth-order valence-electron chi connectivity index (χ4n) is 0. The smallest absolute Gasteiger partial charge is 0 e. The normalized spacial score (nSPS) is 1.20. The van der Waals surface area contributed by atoms with Crippen LogP contribution in [0.3, 0.4) is 0 Å². The summed E-state index contributed by atoms with van der Waals surface area (Å²) >= 11 is 0. The van der Waals surface area contributed by atoms with E-state index in [0.717, 1.165) is 0 Å². The van der Waals surface area contributed by atoms with Crippen LogP contribution in [0.2, 0.25) is 0 Å². The van der Waals surface area contributed by atoms with E-state index in [2.05, 4.69) is 0 Å². The van der Waals surface area contributed by atoms with Crippen molar-refractivity contribution in [1.29, 1.82) is 0 Å². The van der Waals surface area contributed by atoms with Crippen LogP contribution in [0.15, 0.2) is 0 Å². The van der Waals surface area contributed by atoms with Gasteiger partial charge in [0.25, 0.3) is 0 Å². The molecule has 0 aliphatic heterocycles. The zero-order valence-electron chi connectivity index (χ0n) is 1.84. The summed E-state index contributed by atoms with van der Waals surface area (Å²) in [5.41, 5.74) is 0. The van der Waals surface area contributed by atoms with E-state index >= 15 is 0 Å². The molecular weight excluding hydrogens is 333 g/mol. The minimum atomic E-state index is 0. The molecule has 0 spiro atoms. The predicted octanol–water partition coefficient (Wildman–Crippen LogP) is 0.651. The van der Waals surface area contributed by atoms with E-state index < -0.39 is 0 Å². The Bertz CT molecular complexity index is 9.61. The molecule has 5 heavy (non-hydrogen) atoms. The first-order chi connectivity index (χ1) is 1.00. The van der Waals surface area contributed by atoms with Gasteiger partial charge in [-0.15, -0.1) is 0 Å². The van der Waals surface area contributed by atoms with Crippen molar-refractivity contribution in [2.45, 2.75) is 7.43 Å². The van der Waals surface area contributed by atoms with Crippen molar-refractivity contribution in [1.82, 2.24) is 0 Å². The van der Waals surface area contributed by atoms with Gasteiger partial charge in [-0.3, -0.25) is 10.5 Å². The minimum Gasteiger partial charge on any atom is -0.255 e. The Morgan fingerprint density at radius 1 is 1.00 bits per heavy atom. The zero-order valence-corrected chi connectivity index (χ0v) is 7.40. The fourth-order valence-corrected chi connectivity index (χ4v) is 0. The molecule has 0 heterocycles. The van der Waals surface area contributed by atoms with E-state index in [1.807, 2.05) is 0 Å². The molecule has 0 rings (SSSR count). The second kappa shape index (κ2) is 47.6. The molecular formula is CH6O2UV. The third kappa shape index (κ3) is 29.0. The summed E-state index contributed by atoms with van der Waals surface area (Å²) in [5, 5.41) is 12.0. The standard InChI is InChI=1S/CH4.H2O2.U.V/c;1-2;;/h1H4;1-2H;;. The van der Waals surface area contributed by atoms with Crippen LogP contribution in [0.4, 0.5) is 0 Å². The van der Waals surface area contributed by atoms with Crippen LogP contribution in [0, 0.1) is 31.1 Å². The van der Waals surface area contributed by atoms with Crippen LogP contribution in [0.5, 0.6) is 0 Å². The number of hydrogen-bond donors (Lipinski definition) is 2. The van der Waals surface area contributed by atoms with E-state index in [4.69, 9.17) is 10.5 Å². The Morgan fingerprint density at radius 2 is 1.00 bits per heavy atom. The van der Waals surface area contributed by atoms with Gasteiger partial charge < -0.3 is 0 Å². The third-order valence-electron chi connectivity index (χ3n) is 0. The van der Waals surface area contributed by atoms with Gasteiger partial charge in [0.2, 0.25) is 0 Å². The zero-order chi connectivity index (χ0) is 2.00. The Morgan fingerprint density at radius 3 is 1.00 bits per heavy atom. The first-order valence-corrected chi connectivity index (χ1v) is 0.200. The van der Waals surface area contributed by atoms with Crippen LogP contribution in [-0.4, -0.2) is 10.5 Å². The van der Waals surface area contributed by atoms with Crippen LogP contribution in [0.25, 0.3) is 0 Å². The molecule has 4 heteroatoms. The molecule has 0 saturated carbocycles. The summed E-state index contributed by atoms with van der Waals surface area (Å²) in [6.07, 6.45) is 0. The molecule has 0 aliphatic rings. The second-order valence-electron chi connectivity index (χ2n) is 0. The predicted molar refractivity (Wildman–Crippen MR) is 12.0 cm³/mol. The molecule has 0 atom stereocenters. The minimum absolute atomic E-state index is 0. The second-order valence-corrected chi connectivity index (χ2v) is 0. The molecule has 0 aliphatic carbocycles. The maximum atomic E-state index is 6.00. The number of hydrogen-bond acceptors (Lipinski definition) is 2. The molecule has 0 bridgehead atoms. The van der Waals surface area contributed by atoms with Crippen molar-refractivity contribution in [2.24, 2.45) is 0 Å². The summed E-state index contributed by atoms with van der Waals surface area (Å²) < 4.78 is 0. The van der Waals surface area contributed by atoms with Gasteiger partial charge >= 0.3 is 0 Å². The first kappa shape index (κ1) is 31.0.